The van der Waals surface area contributed by atoms with Crippen LogP contribution < -0.4 is 10.6 Å². The first-order valence-electron chi connectivity index (χ1n) is 7.33. The van der Waals surface area contributed by atoms with Gasteiger partial charge in [0.1, 0.15) is 0 Å². The summed E-state index contributed by atoms with van der Waals surface area (Å²) in [7, 11) is 0. The highest BCUT2D eigenvalue weighted by Crippen LogP contribution is 2.38. The van der Waals surface area contributed by atoms with Gasteiger partial charge in [-0.1, -0.05) is 39.0 Å². The van der Waals surface area contributed by atoms with Crippen molar-refractivity contribution in [2.24, 2.45) is 5.92 Å². The zero-order valence-corrected chi connectivity index (χ0v) is 11.1. The number of rotatable bonds is 6. The van der Waals surface area contributed by atoms with Crippen LogP contribution in [0.25, 0.3) is 0 Å². The van der Waals surface area contributed by atoms with Crippen molar-refractivity contribution in [1.82, 2.24) is 10.6 Å². The van der Waals surface area contributed by atoms with Crippen molar-refractivity contribution < 1.29 is 4.79 Å². The largest absolute Gasteiger partial charge is 0.337 e. The van der Waals surface area contributed by atoms with Crippen LogP contribution in [0.1, 0.15) is 64.7 Å². The molecule has 2 N–H and O–H groups in total. The van der Waals surface area contributed by atoms with Crippen molar-refractivity contribution in [2.45, 2.75) is 70.4 Å². The molecule has 1 amide bonds. The van der Waals surface area contributed by atoms with E-state index in [-0.39, 0.29) is 11.6 Å². The predicted octanol–water partition coefficient (Wildman–Crippen LogP) is 2.56. The van der Waals surface area contributed by atoms with E-state index in [9.17, 15) is 4.79 Å². The number of carbonyl (C=O) groups is 1. The van der Waals surface area contributed by atoms with Gasteiger partial charge in [-0.3, -0.25) is 10.1 Å². The second-order valence-electron chi connectivity index (χ2n) is 5.67. The van der Waals surface area contributed by atoms with Crippen LogP contribution in [0.2, 0.25) is 0 Å². The van der Waals surface area contributed by atoms with Gasteiger partial charge in [-0.25, -0.2) is 0 Å². The number of hydrogen-bond donors (Lipinski definition) is 2. The van der Waals surface area contributed by atoms with E-state index in [0.29, 0.717) is 12.5 Å². The Morgan fingerprint density at radius 2 is 2.12 bits per heavy atom. The van der Waals surface area contributed by atoms with Gasteiger partial charge in [-0.15, -0.1) is 0 Å². The lowest BCUT2D eigenvalue weighted by molar-refractivity contribution is -0.119. The topological polar surface area (TPSA) is 41.1 Å². The molecule has 17 heavy (non-hydrogen) atoms. The molecule has 0 aromatic carbocycles. The van der Waals surface area contributed by atoms with Crippen LogP contribution in [0.15, 0.2) is 0 Å². The van der Waals surface area contributed by atoms with Gasteiger partial charge in [-0.05, 0) is 31.6 Å². The van der Waals surface area contributed by atoms with Crippen LogP contribution in [0.5, 0.6) is 0 Å². The fourth-order valence-corrected chi connectivity index (χ4v) is 3.44. The zero-order chi connectivity index (χ0) is 12.1. The Morgan fingerprint density at radius 1 is 1.29 bits per heavy atom. The van der Waals surface area contributed by atoms with Crippen LogP contribution in [0.3, 0.4) is 0 Å². The Kier molecular flexibility index (Phi) is 4.43. The molecule has 2 unspecified atom stereocenters. The molecule has 3 nitrogen and oxygen atoms in total. The summed E-state index contributed by atoms with van der Waals surface area (Å²) >= 11 is 0. The van der Waals surface area contributed by atoms with Crippen molar-refractivity contribution in [3.05, 3.63) is 0 Å². The normalized spacial score (nSPS) is 32.3. The van der Waals surface area contributed by atoms with Gasteiger partial charge in [0.05, 0.1) is 12.2 Å². The number of carbonyl (C=O) groups excluding carboxylic acids is 1. The van der Waals surface area contributed by atoms with E-state index in [4.69, 9.17) is 0 Å². The van der Waals surface area contributed by atoms with Crippen LogP contribution >= 0.6 is 0 Å². The quantitative estimate of drug-likeness (QED) is 0.698. The molecule has 0 aromatic rings. The molecule has 2 aliphatic rings. The van der Waals surface area contributed by atoms with E-state index in [2.05, 4.69) is 17.6 Å². The van der Waals surface area contributed by atoms with Crippen LogP contribution in [-0.2, 0) is 4.79 Å². The van der Waals surface area contributed by atoms with Crippen LogP contribution in [-0.4, -0.2) is 18.1 Å². The lowest BCUT2D eigenvalue weighted by Gasteiger charge is -2.31. The maximum Gasteiger partial charge on any atom is 0.235 e. The van der Waals surface area contributed by atoms with E-state index >= 15 is 0 Å². The minimum Gasteiger partial charge on any atom is -0.337 e. The van der Waals surface area contributed by atoms with Crippen molar-refractivity contribution in [2.75, 3.05) is 6.54 Å². The molecule has 1 saturated heterocycles. The lowest BCUT2D eigenvalue weighted by Crippen LogP contribution is -2.52. The fourth-order valence-electron chi connectivity index (χ4n) is 3.44. The lowest BCUT2D eigenvalue weighted by atomic mass is 9.91. The first-order valence-corrected chi connectivity index (χ1v) is 7.33. The number of nitrogens with one attached hydrogen (secondary N) is 2. The van der Waals surface area contributed by atoms with Gasteiger partial charge in [0, 0.05) is 0 Å². The first kappa shape index (κ1) is 12.9. The molecule has 2 atom stereocenters. The third kappa shape index (κ3) is 3.01. The Morgan fingerprint density at radius 3 is 2.82 bits per heavy atom. The Labute approximate surface area is 105 Å². The maximum atomic E-state index is 11.4. The molecule has 98 valence electrons. The predicted molar refractivity (Wildman–Crippen MR) is 69.6 cm³/mol. The molecule has 1 spiro atoms. The molecule has 3 heteroatoms. The smallest absolute Gasteiger partial charge is 0.235 e. The second-order valence-corrected chi connectivity index (χ2v) is 5.67. The highest BCUT2D eigenvalue weighted by molar-refractivity contribution is 5.81. The summed E-state index contributed by atoms with van der Waals surface area (Å²) in [6.45, 7) is 2.77. The van der Waals surface area contributed by atoms with E-state index in [1.54, 1.807) is 0 Å². The summed E-state index contributed by atoms with van der Waals surface area (Å²) in [5.41, 5.74) is -0.0260. The molecule has 2 rings (SSSR count). The van der Waals surface area contributed by atoms with E-state index < -0.39 is 0 Å². The van der Waals surface area contributed by atoms with Crippen molar-refractivity contribution in [3.8, 4) is 0 Å². The molecule has 1 aliphatic carbocycles. The second kappa shape index (κ2) is 5.85. The van der Waals surface area contributed by atoms with Crippen LogP contribution in [0.4, 0.5) is 0 Å². The van der Waals surface area contributed by atoms with Gasteiger partial charge in [0.2, 0.25) is 5.91 Å². The number of unbranched alkanes of at least 4 members (excludes halogenated alkanes) is 4. The van der Waals surface area contributed by atoms with E-state index in [0.717, 1.165) is 6.42 Å². The fraction of sp³-hybridized carbons (Fsp3) is 0.929. The van der Waals surface area contributed by atoms with Gasteiger partial charge >= 0.3 is 0 Å². The third-order valence-corrected chi connectivity index (χ3v) is 4.40. The highest BCUT2D eigenvalue weighted by Gasteiger charge is 2.46. The Hall–Kier alpha value is -0.570. The molecular weight excluding hydrogens is 212 g/mol. The summed E-state index contributed by atoms with van der Waals surface area (Å²) in [6, 6.07) is 0. The van der Waals surface area contributed by atoms with Gasteiger partial charge in [0.15, 0.2) is 0 Å². The van der Waals surface area contributed by atoms with Gasteiger partial charge in [-0.2, -0.15) is 0 Å². The first-order chi connectivity index (χ1) is 8.27. The summed E-state index contributed by atoms with van der Waals surface area (Å²) in [5.74, 6) is 0.846. The van der Waals surface area contributed by atoms with Crippen LogP contribution in [0, 0.1) is 5.92 Å². The molecule has 0 aromatic heterocycles. The number of amides is 1. The maximum absolute atomic E-state index is 11.4. The number of hydrogen-bond acceptors (Lipinski definition) is 2. The molecule has 0 radical (unpaired) electrons. The minimum absolute atomic E-state index is 0.0260. The Bertz CT molecular complexity index is 267. The Balaban J connectivity index is 1.74. The summed E-state index contributed by atoms with van der Waals surface area (Å²) < 4.78 is 0. The van der Waals surface area contributed by atoms with E-state index in [1.807, 2.05) is 0 Å². The third-order valence-electron chi connectivity index (χ3n) is 4.40. The molecular formula is C14H26N2O. The van der Waals surface area contributed by atoms with Crippen molar-refractivity contribution >= 4 is 5.91 Å². The van der Waals surface area contributed by atoms with Crippen molar-refractivity contribution in [3.63, 3.8) is 0 Å². The van der Waals surface area contributed by atoms with E-state index in [1.165, 1.54) is 51.4 Å². The summed E-state index contributed by atoms with van der Waals surface area (Å²) in [6.07, 6.45) is 11.7. The summed E-state index contributed by atoms with van der Waals surface area (Å²) in [4.78, 5) is 11.4. The molecule has 1 heterocycles. The average molecular weight is 238 g/mol. The van der Waals surface area contributed by atoms with Gasteiger partial charge in [0.25, 0.3) is 0 Å². The molecule has 2 fully saturated rings. The van der Waals surface area contributed by atoms with Crippen molar-refractivity contribution in [1.29, 1.82) is 0 Å². The molecule has 0 bridgehead atoms. The monoisotopic (exact) mass is 238 g/mol. The molecule has 1 saturated carbocycles. The average Bonchev–Trinajstić information content (AvgIpc) is 2.87. The minimum atomic E-state index is -0.0260. The molecule has 1 aliphatic heterocycles. The van der Waals surface area contributed by atoms with Gasteiger partial charge < -0.3 is 5.32 Å². The zero-order valence-electron chi connectivity index (χ0n) is 11.1. The SMILES string of the molecule is CCCCCCCC1CCCC12NCC(=O)N2. The summed E-state index contributed by atoms with van der Waals surface area (Å²) in [5, 5.41) is 6.60. The highest BCUT2D eigenvalue weighted by atomic mass is 16.2. The standard InChI is InChI=1S/C14H26N2O/c1-2-3-4-5-6-8-12-9-7-10-14(12)15-11-13(17)16-14/h12,15H,2-11H2,1H3,(H,16,17).